The standard InChI is InChI=1S/C13H13ClN2O2/c1-15-11(17)13(7-2-8-16(13)12(15)18)9-3-5-10(14)6-4-9/h3-6H,2,7-8H2,1H3. The van der Waals surface area contributed by atoms with Gasteiger partial charge in [-0.15, -0.1) is 0 Å². The summed E-state index contributed by atoms with van der Waals surface area (Å²) >= 11 is 5.88. The van der Waals surface area contributed by atoms with Gasteiger partial charge in [-0.1, -0.05) is 23.7 Å². The molecule has 0 bridgehead atoms. The molecule has 1 aromatic rings. The number of rotatable bonds is 1. The lowest BCUT2D eigenvalue weighted by Gasteiger charge is -2.28. The van der Waals surface area contributed by atoms with Crippen LogP contribution in [0.4, 0.5) is 4.79 Å². The van der Waals surface area contributed by atoms with Gasteiger partial charge in [-0.3, -0.25) is 9.69 Å². The third kappa shape index (κ3) is 1.27. The number of carbonyl (C=O) groups is 2. The summed E-state index contributed by atoms with van der Waals surface area (Å²) in [5, 5.41) is 0.629. The molecule has 5 heteroatoms. The van der Waals surface area contributed by atoms with Crippen LogP contribution >= 0.6 is 11.6 Å². The third-order valence-electron chi connectivity index (χ3n) is 3.88. The molecule has 0 aliphatic carbocycles. The number of fused-ring (bicyclic) bond motifs is 1. The first kappa shape index (κ1) is 11.5. The Morgan fingerprint density at radius 1 is 1.22 bits per heavy atom. The molecule has 1 unspecified atom stereocenters. The Bertz CT molecular complexity index is 528. The van der Waals surface area contributed by atoms with Crippen LogP contribution in [-0.4, -0.2) is 35.3 Å². The lowest BCUT2D eigenvalue weighted by molar-refractivity contribution is -0.132. The van der Waals surface area contributed by atoms with Crippen molar-refractivity contribution in [2.24, 2.45) is 0 Å². The molecule has 1 atom stereocenters. The van der Waals surface area contributed by atoms with Gasteiger partial charge in [0.1, 0.15) is 5.54 Å². The summed E-state index contributed by atoms with van der Waals surface area (Å²) in [5.41, 5.74) is 0.0586. The minimum absolute atomic E-state index is 0.132. The molecule has 94 valence electrons. The van der Waals surface area contributed by atoms with Gasteiger partial charge in [-0.2, -0.15) is 0 Å². The molecular weight excluding hydrogens is 252 g/mol. The van der Waals surface area contributed by atoms with Crippen molar-refractivity contribution in [3.8, 4) is 0 Å². The molecule has 2 heterocycles. The van der Waals surface area contributed by atoms with Gasteiger partial charge in [0, 0.05) is 18.6 Å². The second-order valence-electron chi connectivity index (χ2n) is 4.77. The van der Waals surface area contributed by atoms with Gasteiger partial charge < -0.3 is 4.90 Å². The zero-order valence-electron chi connectivity index (χ0n) is 10.0. The van der Waals surface area contributed by atoms with Gasteiger partial charge in [0.25, 0.3) is 5.91 Å². The largest absolute Gasteiger partial charge is 0.327 e. The topological polar surface area (TPSA) is 40.6 Å². The molecule has 2 aliphatic heterocycles. The van der Waals surface area contributed by atoms with Gasteiger partial charge >= 0.3 is 6.03 Å². The highest BCUT2D eigenvalue weighted by Crippen LogP contribution is 2.45. The zero-order valence-corrected chi connectivity index (χ0v) is 10.8. The quantitative estimate of drug-likeness (QED) is 0.730. The SMILES string of the molecule is CN1C(=O)N2CCCC2(c2ccc(Cl)cc2)C1=O. The van der Waals surface area contributed by atoms with Crippen molar-refractivity contribution in [3.63, 3.8) is 0 Å². The van der Waals surface area contributed by atoms with E-state index < -0.39 is 5.54 Å². The smallest absolute Gasteiger partial charge is 0.305 e. The maximum atomic E-state index is 12.4. The van der Waals surface area contributed by atoms with Gasteiger partial charge in [0.15, 0.2) is 0 Å². The maximum Gasteiger partial charge on any atom is 0.327 e. The van der Waals surface area contributed by atoms with Crippen LogP contribution in [-0.2, 0) is 10.3 Å². The van der Waals surface area contributed by atoms with Crippen molar-refractivity contribution in [1.29, 1.82) is 0 Å². The normalized spacial score (nSPS) is 27.0. The fourth-order valence-corrected chi connectivity index (χ4v) is 3.12. The predicted octanol–water partition coefficient (Wildman–Crippen LogP) is 2.22. The molecule has 2 aliphatic rings. The van der Waals surface area contributed by atoms with Crippen LogP contribution in [0.1, 0.15) is 18.4 Å². The Morgan fingerprint density at radius 2 is 1.89 bits per heavy atom. The minimum Gasteiger partial charge on any atom is -0.305 e. The summed E-state index contributed by atoms with van der Waals surface area (Å²) in [6.45, 7) is 0.636. The van der Waals surface area contributed by atoms with Crippen LogP contribution in [0.15, 0.2) is 24.3 Å². The molecule has 3 rings (SSSR count). The van der Waals surface area contributed by atoms with Crippen molar-refractivity contribution in [2.45, 2.75) is 18.4 Å². The Balaban J connectivity index is 2.15. The number of benzene rings is 1. The van der Waals surface area contributed by atoms with E-state index in [-0.39, 0.29) is 11.9 Å². The Labute approximate surface area is 110 Å². The van der Waals surface area contributed by atoms with Gasteiger partial charge in [0.05, 0.1) is 0 Å². The number of imide groups is 1. The number of hydrogen-bond donors (Lipinski definition) is 0. The maximum absolute atomic E-state index is 12.4. The Kier molecular flexibility index (Phi) is 2.38. The molecule has 0 N–H and O–H groups in total. The van der Waals surface area contributed by atoms with Crippen LogP contribution in [0.2, 0.25) is 5.02 Å². The average Bonchev–Trinajstić information content (AvgIpc) is 2.88. The number of likely N-dealkylation sites (N-methyl/N-ethyl adjacent to an activating group) is 1. The van der Waals surface area contributed by atoms with E-state index in [2.05, 4.69) is 0 Å². The summed E-state index contributed by atoms with van der Waals surface area (Å²) in [5.74, 6) is -0.132. The van der Waals surface area contributed by atoms with E-state index in [0.29, 0.717) is 18.0 Å². The number of urea groups is 1. The summed E-state index contributed by atoms with van der Waals surface area (Å²) in [6.07, 6.45) is 1.54. The molecule has 4 nitrogen and oxygen atoms in total. The van der Waals surface area contributed by atoms with Gasteiger partial charge in [-0.25, -0.2) is 4.79 Å². The third-order valence-corrected chi connectivity index (χ3v) is 4.13. The van der Waals surface area contributed by atoms with E-state index in [9.17, 15) is 9.59 Å². The van der Waals surface area contributed by atoms with E-state index in [1.54, 1.807) is 24.1 Å². The average molecular weight is 265 g/mol. The van der Waals surface area contributed by atoms with Crippen LogP contribution in [0.5, 0.6) is 0 Å². The zero-order chi connectivity index (χ0) is 12.9. The Morgan fingerprint density at radius 3 is 2.56 bits per heavy atom. The molecule has 0 saturated carbocycles. The second-order valence-corrected chi connectivity index (χ2v) is 5.21. The van der Waals surface area contributed by atoms with E-state index in [0.717, 1.165) is 12.0 Å². The first-order chi connectivity index (χ1) is 8.57. The molecule has 1 aromatic carbocycles. The van der Waals surface area contributed by atoms with E-state index >= 15 is 0 Å². The molecule has 2 saturated heterocycles. The molecular formula is C13H13ClN2O2. The molecule has 0 radical (unpaired) electrons. The summed E-state index contributed by atoms with van der Waals surface area (Å²) in [6, 6.07) is 7.00. The lowest BCUT2D eigenvalue weighted by atomic mass is 9.87. The molecule has 3 amide bonds. The van der Waals surface area contributed by atoms with Crippen LogP contribution in [0.3, 0.4) is 0 Å². The highest BCUT2D eigenvalue weighted by Gasteiger charge is 2.59. The number of halogens is 1. The van der Waals surface area contributed by atoms with Crippen molar-refractivity contribution in [1.82, 2.24) is 9.80 Å². The van der Waals surface area contributed by atoms with Crippen LogP contribution in [0.25, 0.3) is 0 Å². The predicted molar refractivity (Wildman–Crippen MR) is 67.2 cm³/mol. The summed E-state index contributed by atoms with van der Waals surface area (Å²) in [4.78, 5) is 27.4. The molecule has 18 heavy (non-hydrogen) atoms. The van der Waals surface area contributed by atoms with Crippen LogP contribution in [0, 0.1) is 0 Å². The minimum atomic E-state index is -0.795. The van der Waals surface area contributed by atoms with Crippen molar-refractivity contribution < 1.29 is 9.59 Å². The van der Waals surface area contributed by atoms with Crippen molar-refractivity contribution in [3.05, 3.63) is 34.9 Å². The number of carbonyl (C=O) groups excluding carboxylic acids is 2. The van der Waals surface area contributed by atoms with Gasteiger partial charge in [-0.05, 0) is 30.5 Å². The molecule has 0 spiro atoms. The highest BCUT2D eigenvalue weighted by molar-refractivity contribution is 6.30. The van der Waals surface area contributed by atoms with Crippen LogP contribution < -0.4 is 0 Å². The van der Waals surface area contributed by atoms with Crippen molar-refractivity contribution >= 4 is 23.5 Å². The first-order valence-corrected chi connectivity index (χ1v) is 6.31. The Hall–Kier alpha value is -1.55. The molecule has 2 fully saturated rings. The fourth-order valence-electron chi connectivity index (χ4n) is 2.99. The summed E-state index contributed by atoms with van der Waals surface area (Å²) in [7, 11) is 1.54. The second kappa shape index (κ2) is 3.72. The number of hydrogen-bond acceptors (Lipinski definition) is 2. The number of nitrogens with zero attached hydrogens (tertiary/aromatic N) is 2. The number of amides is 3. The molecule has 0 aromatic heterocycles. The van der Waals surface area contributed by atoms with Crippen molar-refractivity contribution in [2.75, 3.05) is 13.6 Å². The first-order valence-electron chi connectivity index (χ1n) is 5.93. The highest BCUT2D eigenvalue weighted by atomic mass is 35.5. The van der Waals surface area contributed by atoms with Gasteiger partial charge in [0.2, 0.25) is 0 Å². The lowest BCUT2D eigenvalue weighted by Crippen LogP contribution is -2.41. The summed E-state index contributed by atoms with van der Waals surface area (Å²) < 4.78 is 0. The van der Waals surface area contributed by atoms with E-state index in [4.69, 9.17) is 11.6 Å². The fraction of sp³-hybridized carbons (Fsp3) is 0.385. The van der Waals surface area contributed by atoms with E-state index in [1.807, 2.05) is 12.1 Å². The van der Waals surface area contributed by atoms with E-state index in [1.165, 1.54) is 4.90 Å². The monoisotopic (exact) mass is 264 g/mol.